The van der Waals surface area contributed by atoms with Gasteiger partial charge in [-0.2, -0.15) is 0 Å². The fourth-order valence-corrected chi connectivity index (χ4v) is 2.73. The molecular formula is C27H36F2N4O5. The second-order valence-electron chi connectivity index (χ2n) is 7.07. The van der Waals surface area contributed by atoms with Gasteiger partial charge in [0.25, 0.3) is 12.3 Å². The number of alkyl halides is 2. The highest BCUT2D eigenvalue weighted by atomic mass is 19.3. The smallest absolute Gasteiger partial charge is 0.268 e. The third-order valence-electron chi connectivity index (χ3n) is 4.85. The van der Waals surface area contributed by atoms with Gasteiger partial charge in [-0.3, -0.25) is 19.6 Å². The zero-order chi connectivity index (χ0) is 29.6. The number of aldehydes is 1. The summed E-state index contributed by atoms with van der Waals surface area (Å²) in [6.45, 7) is 7.60. The van der Waals surface area contributed by atoms with Crippen LogP contribution in [0.3, 0.4) is 0 Å². The number of nitrogens with two attached hydrogens (primary N) is 1. The molecule has 0 bridgehead atoms. The number of halogens is 2. The van der Waals surface area contributed by atoms with Gasteiger partial charge in [-0.1, -0.05) is 36.1 Å². The number of likely N-dealkylation sites (N-methyl/N-ethyl adjacent to an activating group) is 1. The number of hydrogen-bond acceptors (Lipinski definition) is 7. The van der Waals surface area contributed by atoms with Gasteiger partial charge in [-0.25, -0.2) is 14.3 Å². The van der Waals surface area contributed by atoms with Gasteiger partial charge in [0, 0.05) is 30.3 Å². The molecule has 208 valence electrons. The number of methoxy groups -OCH3 is 1. The van der Waals surface area contributed by atoms with Crippen LogP contribution in [0.15, 0.2) is 61.7 Å². The van der Waals surface area contributed by atoms with Crippen molar-refractivity contribution >= 4 is 18.6 Å². The van der Waals surface area contributed by atoms with Crippen molar-refractivity contribution in [1.29, 1.82) is 0 Å². The normalized spacial score (nSPS) is 11.6. The Balaban J connectivity index is 0. The van der Waals surface area contributed by atoms with Gasteiger partial charge in [0.05, 0.1) is 0 Å². The topological polar surface area (TPSA) is 143 Å². The van der Waals surface area contributed by atoms with Crippen LogP contribution in [-0.4, -0.2) is 63.1 Å². The Labute approximate surface area is 222 Å². The van der Waals surface area contributed by atoms with E-state index in [1.807, 2.05) is 36.4 Å². The van der Waals surface area contributed by atoms with E-state index in [9.17, 15) is 23.2 Å². The van der Waals surface area contributed by atoms with Crippen LogP contribution in [-0.2, 0) is 20.9 Å². The minimum absolute atomic E-state index is 0.518. The predicted octanol–water partition coefficient (Wildman–Crippen LogP) is 2.27. The van der Waals surface area contributed by atoms with Crippen LogP contribution in [0, 0.1) is 11.8 Å². The van der Waals surface area contributed by atoms with Crippen molar-refractivity contribution in [3.63, 3.8) is 0 Å². The molecule has 2 atom stereocenters. The second-order valence-corrected chi connectivity index (χ2v) is 7.07. The van der Waals surface area contributed by atoms with Crippen LogP contribution in [0.5, 0.6) is 0 Å². The fraction of sp³-hybridized carbons (Fsp3) is 0.296. The van der Waals surface area contributed by atoms with Crippen molar-refractivity contribution < 1.29 is 33.1 Å². The summed E-state index contributed by atoms with van der Waals surface area (Å²) in [5.74, 6) is 5.12. The number of nitrogens with one attached hydrogen (secondary N) is 3. The molecule has 38 heavy (non-hydrogen) atoms. The summed E-state index contributed by atoms with van der Waals surface area (Å²) in [5.41, 5.74) is 7.24. The average molecular weight is 535 g/mol. The first-order chi connectivity index (χ1) is 18.2. The van der Waals surface area contributed by atoms with Gasteiger partial charge in [0.15, 0.2) is 0 Å². The van der Waals surface area contributed by atoms with Gasteiger partial charge in [-0.05, 0) is 50.8 Å². The van der Waals surface area contributed by atoms with Gasteiger partial charge in [0.1, 0.15) is 17.9 Å². The summed E-state index contributed by atoms with van der Waals surface area (Å²) in [7, 11) is 3.89. The maximum Gasteiger partial charge on any atom is 0.268 e. The Morgan fingerprint density at radius 2 is 1.55 bits per heavy atom. The van der Waals surface area contributed by atoms with Gasteiger partial charge in [-0.15, -0.1) is 13.2 Å². The Bertz CT molecular complexity index is 1010. The third kappa shape index (κ3) is 12.3. The first kappa shape index (κ1) is 36.2. The molecule has 2 aromatic rings. The Morgan fingerprint density at radius 1 is 1.08 bits per heavy atom. The van der Waals surface area contributed by atoms with E-state index in [1.54, 1.807) is 12.1 Å². The number of rotatable bonds is 9. The number of carbonyl (C=O) groups is 3. The Hall–Kier alpha value is -3.95. The molecule has 0 spiro atoms. The highest BCUT2D eigenvalue weighted by molar-refractivity contribution is 5.82. The molecule has 0 heterocycles. The lowest BCUT2D eigenvalue weighted by Crippen LogP contribution is -2.60. The van der Waals surface area contributed by atoms with Gasteiger partial charge >= 0.3 is 0 Å². The molecule has 2 aromatic carbocycles. The third-order valence-corrected chi connectivity index (χ3v) is 4.85. The summed E-state index contributed by atoms with van der Waals surface area (Å²) >= 11 is 0. The van der Waals surface area contributed by atoms with E-state index in [0.717, 1.165) is 37.0 Å². The molecule has 0 aliphatic heterocycles. The average Bonchev–Trinajstić information content (AvgIpc) is 2.98. The number of hydrogen-bond donors (Lipinski definition) is 5. The summed E-state index contributed by atoms with van der Waals surface area (Å²) < 4.78 is 29.8. The summed E-state index contributed by atoms with van der Waals surface area (Å²) in [6, 6.07) is 13.5. The zero-order valence-corrected chi connectivity index (χ0v) is 22.0. The van der Waals surface area contributed by atoms with E-state index in [2.05, 4.69) is 46.1 Å². The van der Waals surface area contributed by atoms with Crippen molar-refractivity contribution in [2.45, 2.75) is 31.5 Å². The number of amides is 2. The van der Waals surface area contributed by atoms with Crippen LogP contribution in [0.1, 0.15) is 34.0 Å². The first-order valence-corrected chi connectivity index (χ1v) is 11.1. The quantitative estimate of drug-likeness (QED) is 0.109. The molecule has 9 nitrogen and oxygen atoms in total. The molecule has 0 saturated carbocycles. The molecule has 0 aliphatic rings. The second kappa shape index (κ2) is 21.2. The lowest BCUT2D eigenvalue weighted by Gasteiger charge is -2.33. The van der Waals surface area contributed by atoms with E-state index >= 15 is 0 Å². The van der Waals surface area contributed by atoms with E-state index in [0.29, 0.717) is 18.5 Å². The number of hydroxylamine groups is 1. The molecular weight excluding hydrogens is 498 g/mol. The molecule has 0 saturated heterocycles. The monoisotopic (exact) mass is 534 g/mol. The van der Waals surface area contributed by atoms with Crippen LogP contribution in [0.2, 0.25) is 0 Å². The predicted molar refractivity (Wildman–Crippen MR) is 143 cm³/mol. The van der Waals surface area contributed by atoms with Crippen molar-refractivity contribution in [3.8, 4) is 11.8 Å². The fourth-order valence-electron chi connectivity index (χ4n) is 2.73. The summed E-state index contributed by atoms with van der Waals surface area (Å²) in [5, 5.41) is 13.3. The minimum atomic E-state index is -2.86. The first-order valence-electron chi connectivity index (χ1n) is 11.1. The highest BCUT2D eigenvalue weighted by Gasteiger charge is 2.46. The lowest BCUT2D eigenvalue weighted by atomic mass is 9.96. The van der Waals surface area contributed by atoms with Crippen LogP contribution in [0.4, 0.5) is 8.78 Å². The van der Waals surface area contributed by atoms with Gasteiger partial charge in [0.2, 0.25) is 6.41 Å². The van der Waals surface area contributed by atoms with Crippen molar-refractivity contribution in [2.75, 3.05) is 21.2 Å². The van der Waals surface area contributed by atoms with Crippen molar-refractivity contribution in [2.24, 2.45) is 5.73 Å². The molecule has 6 N–H and O–H groups in total. The molecule has 0 aromatic heterocycles. The molecule has 0 fully saturated rings. The SMILES string of the molecule is C=C.CN.CNC(C(=O)NO)C(C)(OC)C(F)F.O=CNCc1ccc(C#Cc2ccc(C=O)cc2)cc1. The highest BCUT2D eigenvalue weighted by Crippen LogP contribution is 2.23. The van der Waals surface area contributed by atoms with E-state index in [4.69, 9.17) is 5.21 Å². The molecule has 2 amide bonds. The van der Waals surface area contributed by atoms with Crippen LogP contribution >= 0.6 is 0 Å². The minimum Gasteiger partial charge on any atom is -0.370 e. The Morgan fingerprint density at radius 3 is 1.89 bits per heavy atom. The number of benzene rings is 2. The largest absolute Gasteiger partial charge is 0.370 e. The summed E-state index contributed by atoms with van der Waals surface area (Å²) in [6.07, 6.45) is -1.37. The zero-order valence-electron chi connectivity index (χ0n) is 22.0. The molecule has 0 radical (unpaired) electrons. The maximum atomic E-state index is 12.6. The van der Waals surface area contributed by atoms with Crippen LogP contribution < -0.4 is 21.8 Å². The maximum absolute atomic E-state index is 12.6. The molecule has 2 unspecified atom stereocenters. The lowest BCUT2D eigenvalue weighted by molar-refractivity contribution is -0.157. The van der Waals surface area contributed by atoms with E-state index in [1.165, 1.54) is 19.6 Å². The van der Waals surface area contributed by atoms with E-state index in [-0.39, 0.29) is 0 Å². The molecule has 2 rings (SSSR count). The standard InChI is InChI=1S/C17H13NO2.C7H14F2N2O3.C2H4.CH5N/c19-12-17-9-5-15(6-10-17)2-1-14-3-7-16(8-4-14)11-18-13-20;1-7(14-3,6(8)9)4(10-2)5(12)11-13;2*1-2/h3-10,12-13H,11H2,(H,18,20);4,6,10,13H,1-3H3,(H,11,12);1-2H2;2H2,1H3. The number of ether oxygens (including phenoxy) is 1. The Kier molecular flexibility index (Phi) is 20.2. The number of carbonyl (C=O) groups excluding carboxylic acids is 3. The van der Waals surface area contributed by atoms with Gasteiger partial charge < -0.3 is 21.1 Å². The van der Waals surface area contributed by atoms with Crippen LogP contribution in [0.25, 0.3) is 0 Å². The summed E-state index contributed by atoms with van der Waals surface area (Å²) in [4.78, 5) is 31.8. The van der Waals surface area contributed by atoms with E-state index < -0.39 is 24.0 Å². The van der Waals surface area contributed by atoms with Crippen molar-refractivity contribution in [1.82, 2.24) is 16.1 Å². The molecule has 0 aliphatic carbocycles. The molecule has 11 heteroatoms. The van der Waals surface area contributed by atoms with Crippen molar-refractivity contribution in [3.05, 3.63) is 83.9 Å².